The zero-order valence-electron chi connectivity index (χ0n) is 17.1. The van der Waals surface area contributed by atoms with Crippen LogP contribution in [0.3, 0.4) is 0 Å². The number of carbonyl (C=O) groups excluding carboxylic acids is 2. The molecule has 1 amide bonds. The molecule has 1 aromatic heterocycles. The largest absolute Gasteiger partial charge is 0.462 e. The maximum atomic E-state index is 12.7. The van der Waals surface area contributed by atoms with Crippen LogP contribution >= 0.6 is 11.3 Å². The summed E-state index contributed by atoms with van der Waals surface area (Å²) in [6, 6.07) is 12.3. The smallest absolute Gasteiger partial charge is 0.341 e. The van der Waals surface area contributed by atoms with Crippen LogP contribution in [0.2, 0.25) is 0 Å². The number of benzene rings is 1. The Bertz CT molecular complexity index is 945. The van der Waals surface area contributed by atoms with Gasteiger partial charge in [-0.15, -0.1) is 11.3 Å². The van der Waals surface area contributed by atoms with E-state index in [2.05, 4.69) is 11.4 Å². The van der Waals surface area contributed by atoms with Crippen molar-refractivity contribution in [2.24, 2.45) is 5.92 Å². The normalized spacial score (nSPS) is 19.0. The number of ether oxygens (including phenoxy) is 1. The van der Waals surface area contributed by atoms with Gasteiger partial charge in [0.1, 0.15) is 5.00 Å². The van der Waals surface area contributed by atoms with Gasteiger partial charge < -0.3 is 10.1 Å². The van der Waals surface area contributed by atoms with E-state index in [-0.39, 0.29) is 18.4 Å². The summed E-state index contributed by atoms with van der Waals surface area (Å²) in [5, 5.41) is 13.5. The lowest BCUT2D eigenvalue weighted by Crippen LogP contribution is -2.31. The average Bonchev–Trinajstić information content (AvgIpc) is 3.10. The van der Waals surface area contributed by atoms with E-state index in [0.717, 1.165) is 22.4 Å². The topological polar surface area (TPSA) is 79.2 Å². The molecule has 1 N–H and O–H groups in total. The zero-order chi connectivity index (χ0) is 21.0. The lowest BCUT2D eigenvalue weighted by Gasteiger charge is -2.31. The molecule has 0 aliphatic heterocycles. The standard InChI is InChI=1S/C23H26N2O3S/c1-4-15(3)20(26)25-21-19(22(27)28-5-2)17-11-12-23(14-24,13-18(17)29-21)16-9-7-6-8-10-16/h6-10,15H,4-5,11-13H2,1-3H3,(H,25,26)/t15-,23+/m1/s1. The third-order valence-electron chi connectivity index (χ3n) is 5.67. The first-order chi connectivity index (χ1) is 14.0. The molecule has 0 bridgehead atoms. The number of thiophene rings is 1. The molecule has 0 unspecified atom stereocenters. The number of hydrogen-bond donors (Lipinski definition) is 1. The van der Waals surface area contributed by atoms with Crippen molar-refractivity contribution in [2.75, 3.05) is 11.9 Å². The number of hydrogen-bond acceptors (Lipinski definition) is 5. The van der Waals surface area contributed by atoms with Crippen LogP contribution in [0, 0.1) is 17.2 Å². The van der Waals surface area contributed by atoms with Gasteiger partial charge in [0.15, 0.2) is 0 Å². The van der Waals surface area contributed by atoms with Gasteiger partial charge in [-0.1, -0.05) is 44.2 Å². The van der Waals surface area contributed by atoms with Crippen molar-refractivity contribution in [3.8, 4) is 6.07 Å². The second-order valence-corrected chi connectivity index (χ2v) is 8.57. The predicted molar refractivity (Wildman–Crippen MR) is 114 cm³/mol. The van der Waals surface area contributed by atoms with Crippen LogP contribution in [-0.2, 0) is 27.8 Å². The second-order valence-electron chi connectivity index (χ2n) is 7.46. The highest BCUT2D eigenvalue weighted by Crippen LogP contribution is 2.45. The Hall–Kier alpha value is -2.65. The molecule has 0 saturated heterocycles. The molecule has 152 valence electrons. The van der Waals surface area contributed by atoms with E-state index in [1.54, 1.807) is 6.92 Å². The Morgan fingerprint density at radius 1 is 1.31 bits per heavy atom. The van der Waals surface area contributed by atoms with Crippen molar-refractivity contribution in [1.82, 2.24) is 0 Å². The van der Waals surface area contributed by atoms with Crippen LogP contribution in [0.1, 0.15) is 60.0 Å². The average molecular weight is 411 g/mol. The lowest BCUT2D eigenvalue weighted by atomic mass is 9.70. The third-order valence-corrected chi connectivity index (χ3v) is 6.82. The van der Waals surface area contributed by atoms with Gasteiger partial charge >= 0.3 is 5.97 Å². The molecule has 0 fully saturated rings. The molecule has 1 heterocycles. The molecule has 0 spiro atoms. The van der Waals surface area contributed by atoms with Crippen LogP contribution in [0.25, 0.3) is 0 Å². The van der Waals surface area contributed by atoms with Crippen LogP contribution < -0.4 is 5.32 Å². The summed E-state index contributed by atoms with van der Waals surface area (Å²) >= 11 is 1.40. The van der Waals surface area contributed by atoms with Crippen molar-refractivity contribution in [3.63, 3.8) is 0 Å². The molecule has 1 aliphatic carbocycles. The van der Waals surface area contributed by atoms with Crippen molar-refractivity contribution in [1.29, 1.82) is 5.26 Å². The van der Waals surface area contributed by atoms with E-state index in [0.29, 0.717) is 29.8 Å². The Labute approximate surface area is 175 Å². The Balaban J connectivity index is 2.02. The summed E-state index contributed by atoms with van der Waals surface area (Å²) in [6.45, 7) is 5.86. The van der Waals surface area contributed by atoms with E-state index >= 15 is 0 Å². The number of nitrogens with one attached hydrogen (secondary N) is 1. The van der Waals surface area contributed by atoms with Gasteiger partial charge in [-0.25, -0.2) is 4.79 Å². The predicted octanol–water partition coefficient (Wildman–Crippen LogP) is 4.86. The first-order valence-electron chi connectivity index (χ1n) is 10.0. The highest BCUT2D eigenvalue weighted by Gasteiger charge is 2.40. The molecule has 1 aliphatic rings. The molecule has 2 atom stereocenters. The van der Waals surface area contributed by atoms with Gasteiger partial charge in [0.25, 0.3) is 0 Å². The van der Waals surface area contributed by atoms with Crippen molar-refractivity contribution < 1.29 is 14.3 Å². The zero-order valence-corrected chi connectivity index (χ0v) is 17.9. The minimum atomic E-state index is -0.622. The van der Waals surface area contributed by atoms with E-state index < -0.39 is 11.4 Å². The molecule has 0 radical (unpaired) electrons. The number of nitrogens with zero attached hydrogens (tertiary/aromatic N) is 1. The number of esters is 1. The van der Waals surface area contributed by atoms with E-state index in [9.17, 15) is 14.9 Å². The Kier molecular flexibility index (Phi) is 6.39. The highest BCUT2D eigenvalue weighted by molar-refractivity contribution is 7.17. The van der Waals surface area contributed by atoms with Crippen molar-refractivity contribution >= 4 is 28.2 Å². The fourth-order valence-electron chi connectivity index (χ4n) is 3.71. The fourth-order valence-corrected chi connectivity index (χ4v) is 5.06. The molecule has 1 aromatic carbocycles. The van der Waals surface area contributed by atoms with Crippen molar-refractivity contribution in [2.45, 2.75) is 51.9 Å². The summed E-state index contributed by atoms with van der Waals surface area (Å²) < 4.78 is 5.28. The number of rotatable bonds is 6. The molecule has 29 heavy (non-hydrogen) atoms. The Morgan fingerprint density at radius 3 is 2.66 bits per heavy atom. The molecule has 3 rings (SSSR count). The summed E-state index contributed by atoms with van der Waals surface area (Å²) in [7, 11) is 0. The molecule has 6 heteroatoms. The third kappa shape index (κ3) is 4.06. The number of anilines is 1. The van der Waals surface area contributed by atoms with Crippen molar-refractivity contribution in [3.05, 3.63) is 51.9 Å². The van der Waals surface area contributed by atoms with Crippen LogP contribution in [0.15, 0.2) is 30.3 Å². The maximum absolute atomic E-state index is 12.7. The SMILES string of the molecule is CCOC(=O)c1c(NC(=O)[C@H](C)CC)sc2c1CC[C@](C#N)(c1ccccc1)C2. The molecule has 2 aromatic rings. The molecular weight excluding hydrogens is 384 g/mol. The van der Waals surface area contributed by atoms with E-state index in [4.69, 9.17) is 4.74 Å². The Morgan fingerprint density at radius 2 is 2.03 bits per heavy atom. The maximum Gasteiger partial charge on any atom is 0.341 e. The van der Waals surface area contributed by atoms with Gasteiger partial charge in [0, 0.05) is 17.2 Å². The summed E-state index contributed by atoms with van der Waals surface area (Å²) in [5.74, 6) is -0.661. The van der Waals surface area contributed by atoms with Crippen LogP contribution in [0.5, 0.6) is 0 Å². The van der Waals surface area contributed by atoms with Gasteiger partial charge in [-0.05, 0) is 37.3 Å². The van der Waals surface area contributed by atoms with Crippen LogP contribution in [-0.4, -0.2) is 18.5 Å². The number of amides is 1. The number of fused-ring (bicyclic) bond motifs is 1. The summed E-state index contributed by atoms with van der Waals surface area (Å²) in [4.78, 5) is 26.1. The minimum absolute atomic E-state index is 0.105. The fraction of sp³-hybridized carbons (Fsp3) is 0.435. The molecule has 5 nitrogen and oxygen atoms in total. The first kappa shape index (κ1) is 21.1. The first-order valence-corrected chi connectivity index (χ1v) is 10.9. The van der Waals surface area contributed by atoms with Gasteiger partial charge in [0.05, 0.1) is 23.7 Å². The van der Waals surface area contributed by atoms with E-state index in [1.807, 2.05) is 44.2 Å². The number of carbonyl (C=O) groups is 2. The number of nitriles is 1. The molecular formula is C23H26N2O3S. The van der Waals surface area contributed by atoms with Gasteiger partial charge in [0.2, 0.25) is 5.91 Å². The van der Waals surface area contributed by atoms with Crippen LogP contribution in [0.4, 0.5) is 5.00 Å². The lowest BCUT2D eigenvalue weighted by molar-refractivity contribution is -0.119. The second kappa shape index (κ2) is 8.79. The van der Waals surface area contributed by atoms with E-state index in [1.165, 1.54) is 11.3 Å². The van der Waals surface area contributed by atoms with Gasteiger partial charge in [-0.3, -0.25) is 4.79 Å². The summed E-state index contributed by atoms with van der Waals surface area (Å²) in [6.07, 6.45) is 2.47. The minimum Gasteiger partial charge on any atom is -0.462 e. The monoisotopic (exact) mass is 410 g/mol. The highest BCUT2D eigenvalue weighted by atomic mass is 32.1. The quantitative estimate of drug-likeness (QED) is 0.690. The summed E-state index contributed by atoms with van der Waals surface area (Å²) in [5.41, 5.74) is 1.74. The van der Waals surface area contributed by atoms with Gasteiger partial charge in [-0.2, -0.15) is 5.26 Å². The molecule has 0 saturated carbocycles.